The van der Waals surface area contributed by atoms with Gasteiger partial charge in [0.25, 0.3) is 11.8 Å². The van der Waals surface area contributed by atoms with Crippen LogP contribution in [0.3, 0.4) is 0 Å². The zero-order valence-corrected chi connectivity index (χ0v) is 16.6. The predicted octanol–water partition coefficient (Wildman–Crippen LogP) is 4.67. The lowest BCUT2D eigenvalue weighted by Gasteiger charge is -2.11. The molecule has 0 saturated heterocycles. The van der Waals surface area contributed by atoms with Gasteiger partial charge >= 0.3 is 0 Å². The molecule has 0 aliphatic carbocycles. The monoisotopic (exact) mass is 423 g/mol. The number of pyridine rings is 1. The Kier molecular flexibility index (Phi) is 6.50. The molecule has 0 spiro atoms. The minimum atomic E-state index is -0.417. The molecule has 2 amide bonds. The first-order valence-corrected chi connectivity index (χ1v) is 9.28. The van der Waals surface area contributed by atoms with Crippen molar-refractivity contribution < 1.29 is 9.59 Å². The highest BCUT2D eigenvalue weighted by atomic mass is 35.5. The Labute approximate surface area is 178 Å². The number of carbonyl (C=O) groups excluding carboxylic acids is 2. The second-order valence-electron chi connectivity index (χ2n) is 5.95. The highest BCUT2D eigenvalue weighted by molar-refractivity contribution is 6.35. The van der Waals surface area contributed by atoms with Crippen molar-refractivity contribution in [2.45, 2.75) is 0 Å². The maximum atomic E-state index is 12.6. The third kappa shape index (κ3) is 4.94. The molecule has 0 radical (unpaired) electrons. The van der Waals surface area contributed by atoms with E-state index in [0.717, 1.165) is 0 Å². The van der Waals surface area contributed by atoms with Crippen LogP contribution in [0.5, 0.6) is 0 Å². The number of terminal acetylenes is 1. The molecule has 2 aromatic carbocycles. The number of benzene rings is 2. The number of halogens is 2. The van der Waals surface area contributed by atoms with Crippen LogP contribution in [-0.4, -0.2) is 23.3 Å². The number of amides is 2. The van der Waals surface area contributed by atoms with E-state index in [2.05, 4.69) is 21.5 Å². The summed E-state index contributed by atoms with van der Waals surface area (Å²) >= 11 is 12.5. The lowest BCUT2D eigenvalue weighted by atomic mass is 10.1. The molecular formula is C22H15Cl2N3O2. The van der Waals surface area contributed by atoms with Gasteiger partial charge in [0.15, 0.2) is 0 Å². The van der Waals surface area contributed by atoms with E-state index in [4.69, 9.17) is 29.6 Å². The van der Waals surface area contributed by atoms with E-state index in [1.54, 1.807) is 24.4 Å². The molecule has 29 heavy (non-hydrogen) atoms. The Morgan fingerprint density at radius 2 is 1.83 bits per heavy atom. The van der Waals surface area contributed by atoms with Crippen molar-refractivity contribution in [2.75, 3.05) is 11.9 Å². The Morgan fingerprint density at radius 1 is 1.00 bits per heavy atom. The third-order valence-electron chi connectivity index (χ3n) is 3.99. The van der Waals surface area contributed by atoms with Gasteiger partial charge in [0.2, 0.25) is 0 Å². The summed E-state index contributed by atoms with van der Waals surface area (Å²) in [6.07, 6.45) is 6.79. The van der Waals surface area contributed by atoms with Crippen LogP contribution in [0.4, 0.5) is 5.69 Å². The van der Waals surface area contributed by atoms with E-state index in [9.17, 15) is 9.59 Å². The van der Waals surface area contributed by atoms with Gasteiger partial charge in [-0.2, -0.15) is 0 Å². The molecule has 0 fully saturated rings. The van der Waals surface area contributed by atoms with Gasteiger partial charge in [-0.1, -0.05) is 35.2 Å². The molecule has 1 aromatic heterocycles. The summed E-state index contributed by atoms with van der Waals surface area (Å²) in [5.41, 5.74) is 2.46. The fourth-order valence-corrected chi connectivity index (χ4v) is 3.07. The first kappa shape index (κ1) is 20.4. The maximum Gasteiger partial charge on any atom is 0.257 e. The molecule has 0 aliphatic heterocycles. The van der Waals surface area contributed by atoms with Crippen molar-refractivity contribution in [3.8, 4) is 23.6 Å². The highest BCUT2D eigenvalue weighted by Crippen LogP contribution is 2.29. The quantitative estimate of drug-likeness (QED) is 0.585. The number of nitrogens with zero attached hydrogens (tertiary/aromatic N) is 1. The molecule has 144 valence electrons. The molecular weight excluding hydrogens is 409 g/mol. The minimum Gasteiger partial charge on any atom is -0.341 e. The second-order valence-corrected chi connectivity index (χ2v) is 6.76. The largest absolute Gasteiger partial charge is 0.341 e. The number of anilines is 1. The van der Waals surface area contributed by atoms with Crippen molar-refractivity contribution >= 4 is 40.7 Å². The van der Waals surface area contributed by atoms with Gasteiger partial charge in [-0.3, -0.25) is 14.6 Å². The fraction of sp³-hybridized carbons (Fsp3) is 0.0455. The first-order valence-electron chi connectivity index (χ1n) is 8.53. The van der Waals surface area contributed by atoms with Crippen LogP contribution in [0, 0.1) is 12.3 Å². The summed E-state index contributed by atoms with van der Waals surface area (Å²) in [4.78, 5) is 28.9. The third-order valence-corrected chi connectivity index (χ3v) is 4.63. The molecule has 0 atom stereocenters. The molecule has 2 N–H and O–H groups in total. The molecule has 0 bridgehead atoms. The van der Waals surface area contributed by atoms with Crippen molar-refractivity contribution in [3.63, 3.8) is 0 Å². The smallest absolute Gasteiger partial charge is 0.257 e. The van der Waals surface area contributed by atoms with Crippen molar-refractivity contribution in [3.05, 3.63) is 82.0 Å². The molecule has 0 saturated carbocycles. The molecule has 0 unspecified atom stereocenters. The zero-order chi connectivity index (χ0) is 20.8. The minimum absolute atomic E-state index is 0.105. The number of nitrogens with one attached hydrogen (secondary N) is 2. The summed E-state index contributed by atoms with van der Waals surface area (Å²) in [6, 6.07) is 15.0. The average molecular weight is 424 g/mol. The van der Waals surface area contributed by atoms with E-state index >= 15 is 0 Å². The fourth-order valence-electron chi connectivity index (χ4n) is 2.59. The SMILES string of the molecule is C#CCNC(=O)c1ccc(C(=O)Nc2ccc(Cl)c(-c3ccccn3)c2)c(Cl)c1. The van der Waals surface area contributed by atoms with E-state index in [1.807, 2.05) is 18.2 Å². The van der Waals surface area contributed by atoms with Gasteiger partial charge in [0.05, 0.1) is 27.8 Å². The lowest BCUT2D eigenvalue weighted by Crippen LogP contribution is -2.23. The first-order chi connectivity index (χ1) is 14.0. The highest BCUT2D eigenvalue weighted by Gasteiger charge is 2.15. The maximum absolute atomic E-state index is 12.6. The van der Waals surface area contributed by atoms with Crippen molar-refractivity contribution in [1.82, 2.24) is 10.3 Å². The van der Waals surface area contributed by atoms with Crippen molar-refractivity contribution in [2.24, 2.45) is 0 Å². The topological polar surface area (TPSA) is 71.1 Å². The Hall–Kier alpha value is -3.33. The summed E-state index contributed by atoms with van der Waals surface area (Å²) in [6.45, 7) is 0.105. The number of hydrogen-bond donors (Lipinski definition) is 2. The van der Waals surface area contributed by atoms with Crippen LogP contribution in [0.2, 0.25) is 10.0 Å². The molecule has 7 heteroatoms. The number of carbonyl (C=O) groups is 2. The van der Waals surface area contributed by atoms with Crippen LogP contribution in [0.1, 0.15) is 20.7 Å². The zero-order valence-electron chi connectivity index (χ0n) is 15.1. The van der Waals surface area contributed by atoms with Gasteiger partial charge in [0, 0.05) is 23.0 Å². The summed E-state index contributed by atoms with van der Waals surface area (Å²) in [5.74, 6) is 1.53. The predicted molar refractivity (Wildman–Crippen MR) is 115 cm³/mol. The van der Waals surface area contributed by atoms with E-state index in [0.29, 0.717) is 27.5 Å². The number of rotatable bonds is 5. The van der Waals surface area contributed by atoms with E-state index < -0.39 is 5.91 Å². The van der Waals surface area contributed by atoms with Crippen LogP contribution in [0.15, 0.2) is 60.8 Å². The van der Waals surface area contributed by atoms with Gasteiger partial charge < -0.3 is 10.6 Å². The Bertz CT molecular complexity index is 1110. The average Bonchev–Trinajstić information content (AvgIpc) is 2.73. The van der Waals surface area contributed by atoms with Gasteiger partial charge in [-0.25, -0.2) is 0 Å². The standard InChI is InChI=1S/C22H15Cl2N3O2/c1-2-10-26-21(28)14-6-8-16(19(24)12-14)22(29)27-15-7-9-18(23)17(13-15)20-5-3-4-11-25-20/h1,3-9,11-13H,10H2,(H,26,28)(H,27,29). The molecule has 3 aromatic rings. The molecule has 1 heterocycles. The summed E-state index contributed by atoms with van der Waals surface area (Å²) in [7, 11) is 0. The van der Waals surface area contributed by atoms with Gasteiger partial charge in [-0.05, 0) is 48.5 Å². The summed E-state index contributed by atoms with van der Waals surface area (Å²) in [5, 5.41) is 5.99. The Balaban J connectivity index is 1.80. The molecule has 3 rings (SSSR count). The van der Waals surface area contributed by atoms with Gasteiger partial charge in [0.1, 0.15) is 0 Å². The second kappa shape index (κ2) is 9.24. The van der Waals surface area contributed by atoms with E-state index in [-0.39, 0.29) is 23.0 Å². The number of hydrogen-bond acceptors (Lipinski definition) is 3. The summed E-state index contributed by atoms with van der Waals surface area (Å²) < 4.78 is 0. The molecule has 5 nitrogen and oxygen atoms in total. The van der Waals surface area contributed by atoms with Crippen LogP contribution >= 0.6 is 23.2 Å². The Morgan fingerprint density at radius 3 is 2.52 bits per heavy atom. The molecule has 0 aliphatic rings. The van der Waals surface area contributed by atoms with Crippen LogP contribution in [-0.2, 0) is 0 Å². The lowest BCUT2D eigenvalue weighted by molar-refractivity contribution is 0.0956. The van der Waals surface area contributed by atoms with Gasteiger partial charge in [-0.15, -0.1) is 6.42 Å². The normalized spacial score (nSPS) is 10.1. The van der Waals surface area contributed by atoms with Crippen LogP contribution < -0.4 is 10.6 Å². The number of aromatic nitrogens is 1. The van der Waals surface area contributed by atoms with Crippen LogP contribution in [0.25, 0.3) is 11.3 Å². The van der Waals surface area contributed by atoms with E-state index in [1.165, 1.54) is 18.2 Å². The van der Waals surface area contributed by atoms with Crippen molar-refractivity contribution in [1.29, 1.82) is 0 Å².